The van der Waals surface area contributed by atoms with Gasteiger partial charge in [-0.3, -0.25) is 0 Å². The predicted octanol–water partition coefficient (Wildman–Crippen LogP) is 4.94. The third kappa shape index (κ3) is 4.92. The summed E-state index contributed by atoms with van der Waals surface area (Å²) in [4.78, 5) is 0. The first-order chi connectivity index (χ1) is 9.29. The normalized spacial score (nSPS) is 19.7. The average molecular weight is 324 g/mol. The van der Waals surface area contributed by atoms with E-state index in [-0.39, 0.29) is 0 Å². The van der Waals surface area contributed by atoms with Crippen molar-refractivity contribution in [2.45, 2.75) is 57.4 Å². The molecule has 0 amide bonds. The molecular formula is C17H26BrN. The second-order valence-corrected chi connectivity index (χ2v) is 6.75. The average Bonchev–Trinajstić information content (AvgIpc) is 2.36. The van der Waals surface area contributed by atoms with Crippen LogP contribution in [0.4, 0.5) is 0 Å². The zero-order valence-electron chi connectivity index (χ0n) is 12.0. The molecule has 1 aliphatic rings. The van der Waals surface area contributed by atoms with Crippen molar-refractivity contribution in [1.29, 1.82) is 0 Å². The highest BCUT2D eigenvalue weighted by Crippen LogP contribution is 2.27. The molecule has 1 aromatic rings. The van der Waals surface area contributed by atoms with Gasteiger partial charge in [-0.25, -0.2) is 0 Å². The molecule has 0 aliphatic heterocycles. The maximum Gasteiger partial charge on any atom is 0.0178 e. The highest BCUT2D eigenvalue weighted by Gasteiger charge is 2.21. The number of hydrogen-bond acceptors (Lipinski definition) is 1. The summed E-state index contributed by atoms with van der Waals surface area (Å²) < 4.78 is 1.19. The largest absolute Gasteiger partial charge is 0.316 e. The Labute approximate surface area is 126 Å². The lowest BCUT2D eigenvalue weighted by Gasteiger charge is -2.28. The van der Waals surface area contributed by atoms with Crippen LogP contribution in [0.15, 0.2) is 28.7 Å². The van der Waals surface area contributed by atoms with Gasteiger partial charge < -0.3 is 5.32 Å². The number of nitrogens with one attached hydrogen (secondary N) is 1. The second-order valence-electron chi connectivity index (χ2n) is 5.83. The molecule has 2 rings (SSSR count). The lowest BCUT2D eigenvalue weighted by Crippen LogP contribution is -2.36. The van der Waals surface area contributed by atoms with Gasteiger partial charge in [0.2, 0.25) is 0 Å². The van der Waals surface area contributed by atoms with E-state index in [1.807, 2.05) is 0 Å². The van der Waals surface area contributed by atoms with Gasteiger partial charge in [0.1, 0.15) is 0 Å². The summed E-state index contributed by atoms with van der Waals surface area (Å²) in [6, 6.07) is 9.39. The Bertz CT molecular complexity index is 369. The third-order valence-electron chi connectivity index (χ3n) is 4.43. The first-order valence-corrected chi connectivity index (χ1v) is 8.50. The first kappa shape index (κ1) is 15.1. The van der Waals surface area contributed by atoms with E-state index >= 15 is 0 Å². The minimum Gasteiger partial charge on any atom is -0.316 e. The summed E-state index contributed by atoms with van der Waals surface area (Å²) in [6.45, 7) is 0. The van der Waals surface area contributed by atoms with Crippen LogP contribution in [0, 0.1) is 5.92 Å². The molecule has 1 atom stereocenters. The molecule has 0 bridgehead atoms. The first-order valence-electron chi connectivity index (χ1n) is 7.71. The summed E-state index contributed by atoms with van der Waals surface area (Å²) in [7, 11) is 2.13. The molecular weight excluding hydrogens is 298 g/mol. The number of halogens is 1. The smallest absolute Gasteiger partial charge is 0.0178 e. The minimum absolute atomic E-state index is 0.632. The minimum atomic E-state index is 0.632. The fourth-order valence-electron chi connectivity index (χ4n) is 3.31. The summed E-state index contributed by atoms with van der Waals surface area (Å²) in [5.41, 5.74) is 1.44. The zero-order valence-corrected chi connectivity index (χ0v) is 13.6. The number of rotatable bonds is 4. The van der Waals surface area contributed by atoms with Crippen molar-refractivity contribution in [3.05, 3.63) is 34.3 Å². The lowest BCUT2D eigenvalue weighted by atomic mass is 9.83. The van der Waals surface area contributed by atoms with Crippen molar-refractivity contribution in [3.63, 3.8) is 0 Å². The van der Waals surface area contributed by atoms with E-state index in [2.05, 4.69) is 52.6 Å². The van der Waals surface area contributed by atoms with Crippen molar-refractivity contribution < 1.29 is 0 Å². The van der Waals surface area contributed by atoms with Crippen molar-refractivity contribution in [3.8, 4) is 0 Å². The van der Waals surface area contributed by atoms with Crippen molar-refractivity contribution in [1.82, 2.24) is 5.32 Å². The summed E-state index contributed by atoms with van der Waals surface area (Å²) in [5, 5.41) is 3.57. The highest BCUT2D eigenvalue weighted by molar-refractivity contribution is 9.10. The van der Waals surface area contributed by atoms with Crippen molar-refractivity contribution >= 4 is 15.9 Å². The molecule has 1 nitrogen and oxygen atoms in total. The maximum atomic E-state index is 3.57. The number of likely N-dealkylation sites (N-methyl/N-ethyl adjacent to an activating group) is 1. The SMILES string of the molecule is CNC(Cc1cccc(Br)c1)C1CCCCCCC1. The molecule has 1 unspecified atom stereocenters. The van der Waals surface area contributed by atoms with Crippen LogP contribution < -0.4 is 5.32 Å². The van der Waals surface area contributed by atoms with Crippen LogP contribution in [0.3, 0.4) is 0 Å². The molecule has 0 spiro atoms. The zero-order chi connectivity index (χ0) is 13.5. The van der Waals surface area contributed by atoms with E-state index < -0.39 is 0 Å². The molecule has 1 aromatic carbocycles. The quantitative estimate of drug-likeness (QED) is 0.827. The topological polar surface area (TPSA) is 12.0 Å². The Hall–Kier alpha value is -0.340. The van der Waals surface area contributed by atoms with Gasteiger partial charge in [-0.15, -0.1) is 0 Å². The molecule has 2 heteroatoms. The predicted molar refractivity (Wildman–Crippen MR) is 86.5 cm³/mol. The maximum absolute atomic E-state index is 3.57. The van der Waals surface area contributed by atoms with Crippen LogP contribution in [0.2, 0.25) is 0 Å². The molecule has 0 heterocycles. The molecule has 1 N–H and O–H groups in total. The van der Waals surface area contributed by atoms with Crippen LogP contribution in [0.25, 0.3) is 0 Å². The Kier molecular flexibility index (Phi) is 6.39. The van der Waals surface area contributed by atoms with Crippen molar-refractivity contribution in [2.75, 3.05) is 7.05 Å². The van der Waals surface area contributed by atoms with E-state index in [0.29, 0.717) is 6.04 Å². The summed E-state index contributed by atoms with van der Waals surface area (Å²) in [5.74, 6) is 0.851. The lowest BCUT2D eigenvalue weighted by molar-refractivity contribution is 0.294. The van der Waals surface area contributed by atoms with Crippen molar-refractivity contribution in [2.24, 2.45) is 5.92 Å². The summed E-state index contributed by atoms with van der Waals surface area (Å²) >= 11 is 3.57. The van der Waals surface area contributed by atoms with Gasteiger partial charge in [0, 0.05) is 10.5 Å². The Morgan fingerprint density at radius 3 is 2.47 bits per heavy atom. The van der Waals surface area contributed by atoms with Gasteiger partial charge >= 0.3 is 0 Å². The van der Waals surface area contributed by atoms with Crippen LogP contribution in [-0.2, 0) is 6.42 Å². The Balaban J connectivity index is 1.97. The van der Waals surface area contributed by atoms with Crippen LogP contribution in [-0.4, -0.2) is 13.1 Å². The third-order valence-corrected chi connectivity index (χ3v) is 4.93. The molecule has 1 fully saturated rings. The van der Waals surface area contributed by atoms with E-state index in [4.69, 9.17) is 0 Å². The molecule has 1 saturated carbocycles. The highest BCUT2D eigenvalue weighted by atomic mass is 79.9. The molecule has 1 aliphatic carbocycles. The second kappa shape index (κ2) is 8.06. The van der Waals surface area contributed by atoms with Crippen LogP contribution >= 0.6 is 15.9 Å². The van der Waals surface area contributed by atoms with E-state index in [1.165, 1.54) is 55.0 Å². The fraction of sp³-hybridized carbons (Fsp3) is 0.647. The Morgan fingerprint density at radius 1 is 1.16 bits per heavy atom. The number of hydrogen-bond donors (Lipinski definition) is 1. The fourth-order valence-corrected chi connectivity index (χ4v) is 3.76. The number of benzene rings is 1. The van der Waals surface area contributed by atoms with Gasteiger partial charge in [0.15, 0.2) is 0 Å². The van der Waals surface area contributed by atoms with E-state index in [0.717, 1.165) is 12.3 Å². The standard InChI is InChI=1S/C17H26BrN/c1-19-17(13-14-8-7-11-16(18)12-14)15-9-5-3-2-4-6-10-15/h7-8,11-12,15,17,19H,2-6,9-10,13H2,1H3. The molecule has 0 aromatic heterocycles. The molecule has 0 radical (unpaired) electrons. The summed E-state index contributed by atoms with van der Waals surface area (Å²) in [6.07, 6.45) is 11.1. The molecule has 106 valence electrons. The molecule has 0 saturated heterocycles. The van der Waals surface area contributed by atoms with Gasteiger partial charge in [-0.2, -0.15) is 0 Å². The van der Waals surface area contributed by atoms with Crippen LogP contribution in [0.5, 0.6) is 0 Å². The van der Waals surface area contributed by atoms with Gasteiger partial charge in [-0.05, 0) is 49.9 Å². The van der Waals surface area contributed by atoms with Gasteiger partial charge in [0.05, 0.1) is 0 Å². The van der Waals surface area contributed by atoms with Crippen LogP contribution in [0.1, 0.15) is 50.5 Å². The molecule has 19 heavy (non-hydrogen) atoms. The van der Waals surface area contributed by atoms with E-state index in [9.17, 15) is 0 Å². The van der Waals surface area contributed by atoms with Gasteiger partial charge in [-0.1, -0.05) is 60.2 Å². The Morgan fingerprint density at radius 2 is 1.84 bits per heavy atom. The van der Waals surface area contributed by atoms with E-state index in [1.54, 1.807) is 0 Å². The monoisotopic (exact) mass is 323 g/mol. The van der Waals surface area contributed by atoms with Gasteiger partial charge in [0.25, 0.3) is 0 Å².